The summed E-state index contributed by atoms with van der Waals surface area (Å²) in [7, 11) is 0. The molecule has 0 aliphatic carbocycles. The molecular weight excluding hydrogens is 320 g/mol. The molecule has 0 spiro atoms. The molecule has 3 aromatic rings. The Morgan fingerprint density at radius 1 is 1.20 bits per heavy atom. The number of aromatic nitrogens is 2. The summed E-state index contributed by atoms with van der Waals surface area (Å²) >= 11 is 0. The van der Waals surface area contributed by atoms with Crippen LogP contribution in [0.1, 0.15) is 18.5 Å². The Bertz CT molecular complexity index is 908. The zero-order valence-corrected chi connectivity index (χ0v) is 13.5. The van der Waals surface area contributed by atoms with Crippen molar-refractivity contribution in [1.82, 2.24) is 10.1 Å². The number of amides is 1. The van der Waals surface area contributed by atoms with E-state index < -0.39 is 0 Å². The van der Waals surface area contributed by atoms with E-state index in [9.17, 15) is 4.79 Å². The molecule has 1 amide bonds. The highest BCUT2D eigenvalue weighted by atomic mass is 16.5. The zero-order valence-electron chi connectivity index (χ0n) is 13.5. The minimum atomic E-state index is -0.157. The molecule has 1 atom stereocenters. The Hall–Kier alpha value is -3.35. The predicted octanol–water partition coefficient (Wildman–Crippen LogP) is 3.24. The van der Waals surface area contributed by atoms with E-state index >= 15 is 0 Å². The summed E-state index contributed by atoms with van der Waals surface area (Å²) < 4.78 is 10.7. The lowest BCUT2D eigenvalue weighted by molar-refractivity contribution is -0.118. The predicted molar refractivity (Wildman–Crippen MR) is 92.3 cm³/mol. The van der Waals surface area contributed by atoms with Gasteiger partial charge >= 0.3 is 0 Å². The molecule has 0 radical (unpaired) electrons. The highest BCUT2D eigenvalue weighted by Gasteiger charge is 2.18. The van der Waals surface area contributed by atoms with Gasteiger partial charge in [0.15, 0.2) is 6.61 Å². The fourth-order valence-corrected chi connectivity index (χ4v) is 2.63. The molecule has 2 N–H and O–H groups in total. The maximum Gasteiger partial charge on any atom is 0.264 e. The Kier molecular flexibility index (Phi) is 3.81. The van der Waals surface area contributed by atoms with Gasteiger partial charge in [-0.05, 0) is 41.9 Å². The van der Waals surface area contributed by atoms with Crippen LogP contribution < -0.4 is 15.4 Å². The van der Waals surface area contributed by atoms with Crippen molar-refractivity contribution in [3.05, 3.63) is 54.1 Å². The molecule has 2 aromatic carbocycles. The van der Waals surface area contributed by atoms with Gasteiger partial charge in [0, 0.05) is 5.56 Å². The molecule has 25 heavy (non-hydrogen) atoms. The number of ether oxygens (including phenoxy) is 1. The van der Waals surface area contributed by atoms with Gasteiger partial charge in [-0.25, -0.2) is 0 Å². The van der Waals surface area contributed by atoms with E-state index in [-0.39, 0.29) is 18.6 Å². The van der Waals surface area contributed by atoms with Gasteiger partial charge in [-0.3, -0.25) is 4.79 Å². The summed E-state index contributed by atoms with van der Waals surface area (Å²) in [6.45, 7) is 2.02. The van der Waals surface area contributed by atoms with Gasteiger partial charge in [0.25, 0.3) is 17.7 Å². The van der Waals surface area contributed by atoms with Crippen LogP contribution in [0.25, 0.3) is 11.5 Å². The first kappa shape index (κ1) is 15.2. The van der Waals surface area contributed by atoms with Crippen LogP contribution in [-0.4, -0.2) is 22.7 Å². The van der Waals surface area contributed by atoms with Gasteiger partial charge < -0.3 is 19.9 Å². The highest BCUT2D eigenvalue weighted by molar-refractivity contribution is 5.95. The molecule has 1 aromatic heterocycles. The van der Waals surface area contributed by atoms with Gasteiger partial charge in [-0.15, -0.1) is 0 Å². The van der Waals surface area contributed by atoms with Gasteiger partial charge in [0.1, 0.15) is 5.75 Å². The second-order valence-electron chi connectivity index (χ2n) is 5.75. The Balaban J connectivity index is 1.51. The summed E-state index contributed by atoms with van der Waals surface area (Å²) in [5.74, 6) is 1.38. The van der Waals surface area contributed by atoms with Crippen LogP contribution in [-0.2, 0) is 4.79 Å². The monoisotopic (exact) mass is 336 g/mol. The average molecular weight is 336 g/mol. The molecule has 0 saturated heterocycles. The second-order valence-corrected chi connectivity index (χ2v) is 5.75. The van der Waals surface area contributed by atoms with Crippen molar-refractivity contribution in [3.8, 4) is 17.2 Å². The van der Waals surface area contributed by atoms with Crippen molar-refractivity contribution in [2.75, 3.05) is 17.2 Å². The molecule has 0 unspecified atom stereocenters. The van der Waals surface area contributed by atoms with Crippen molar-refractivity contribution < 1.29 is 14.1 Å². The second kappa shape index (κ2) is 6.27. The minimum Gasteiger partial charge on any atom is -0.482 e. The first-order chi connectivity index (χ1) is 12.2. The van der Waals surface area contributed by atoms with Crippen LogP contribution in [0.3, 0.4) is 0 Å². The molecule has 0 fully saturated rings. The van der Waals surface area contributed by atoms with Crippen LogP contribution in [0.5, 0.6) is 5.75 Å². The number of carbonyl (C=O) groups is 1. The van der Waals surface area contributed by atoms with Crippen molar-refractivity contribution in [2.24, 2.45) is 0 Å². The molecule has 7 heteroatoms. The van der Waals surface area contributed by atoms with E-state index in [1.54, 1.807) is 0 Å². The first-order valence-electron chi connectivity index (χ1n) is 7.91. The molecule has 0 bridgehead atoms. The smallest absolute Gasteiger partial charge is 0.264 e. The van der Waals surface area contributed by atoms with Crippen molar-refractivity contribution in [3.63, 3.8) is 0 Å². The van der Waals surface area contributed by atoms with Crippen molar-refractivity contribution in [1.29, 1.82) is 0 Å². The molecule has 1 aliphatic heterocycles. The number of nitrogens with one attached hydrogen (secondary N) is 2. The van der Waals surface area contributed by atoms with Gasteiger partial charge in [0.05, 0.1) is 11.7 Å². The van der Waals surface area contributed by atoms with E-state index in [4.69, 9.17) is 9.26 Å². The number of nitrogens with zero attached hydrogens (tertiary/aromatic N) is 2. The SMILES string of the molecule is C[C@H](Nc1noc(-c2ccccc2)n1)c1ccc2c(c1)NC(=O)CO2. The lowest BCUT2D eigenvalue weighted by Crippen LogP contribution is -2.25. The topological polar surface area (TPSA) is 89.3 Å². The highest BCUT2D eigenvalue weighted by Crippen LogP contribution is 2.31. The third-order valence-electron chi connectivity index (χ3n) is 3.93. The Labute approximate surface area is 144 Å². The molecule has 4 rings (SSSR count). The molecule has 126 valence electrons. The first-order valence-corrected chi connectivity index (χ1v) is 7.91. The number of fused-ring (bicyclic) bond motifs is 1. The Morgan fingerprint density at radius 3 is 2.88 bits per heavy atom. The van der Waals surface area contributed by atoms with Crippen LogP contribution in [0.15, 0.2) is 53.1 Å². The minimum absolute atomic E-state index is 0.0469. The molecule has 2 heterocycles. The summed E-state index contributed by atoms with van der Waals surface area (Å²) in [6.07, 6.45) is 0. The number of carbonyl (C=O) groups excluding carboxylic acids is 1. The molecular formula is C18H16N4O3. The van der Waals surface area contributed by atoms with Gasteiger partial charge in [-0.1, -0.05) is 24.3 Å². The zero-order chi connectivity index (χ0) is 17.2. The van der Waals surface area contributed by atoms with Crippen LogP contribution in [0.4, 0.5) is 11.6 Å². The largest absolute Gasteiger partial charge is 0.482 e. The fourth-order valence-electron chi connectivity index (χ4n) is 2.63. The van der Waals surface area contributed by atoms with Crippen LogP contribution in [0, 0.1) is 0 Å². The maximum absolute atomic E-state index is 11.5. The van der Waals surface area contributed by atoms with Crippen LogP contribution >= 0.6 is 0 Å². The quantitative estimate of drug-likeness (QED) is 0.760. The number of rotatable bonds is 4. The number of hydrogen-bond acceptors (Lipinski definition) is 6. The van der Waals surface area contributed by atoms with Crippen molar-refractivity contribution >= 4 is 17.5 Å². The van der Waals surface area contributed by atoms with E-state index in [2.05, 4.69) is 20.8 Å². The summed E-state index contributed by atoms with van der Waals surface area (Å²) in [6, 6.07) is 15.2. The fraction of sp³-hybridized carbons (Fsp3) is 0.167. The van der Waals surface area contributed by atoms with Crippen LogP contribution in [0.2, 0.25) is 0 Å². The number of benzene rings is 2. The normalized spacial score (nSPS) is 14.2. The Morgan fingerprint density at radius 2 is 2.04 bits per heavy atom. The summed E-state index contributed by atoms with van der Waals surface area (Å²) in [5, 5.41) is 9.97. The molecule has 1 aliphatic rings. The third-order valence-corrected chi connectivity index (χ3v) is 3.93. The third kappa shape index (κ3) is 3.16. The standard InChI is InChI=1S/C18H16N4O3/c1-11(13-7-8-15-14(9-13)20-16(23)10-24-15)19-18-21-17(25-22-18)12-5-3-2-4-6-12/h2-9,11H,10H2,1H3,(H,19,22)(H,20,23)/t11-/m0/s1. The molecule has 0 saturated carbocycles. The maximum atomic E-state index is 11.5. The van der Waals surface area contributed by atoms with E-state index in [0.717, 1.165) is 11.1 Å². The lowest BCUT2D eigenvalue weighted by atomic mass is 10.1. The van der Waals surface area contributed by atoms with E-state index in [1.165, 1.54) is 0 Å². The van der Waals surface area contributed by atoms with Crippen molar-refractivity contribution in [2.45, 2.75) is 13.0 Å². The summed E-state index contributed by atoms with van der Waals surface area (Å²) in [5.41, 5.74) is 2.50. The molecule has 7 nitrogen and oxygen atoms in total. The van der Waals surface area contributed by atoms with E-state index in [0.29, 0.717) is 23.3 Å². The number of hydrogen-bond donors (Lipinski definition) is 2. The lowest BCUT2D eigenvalue weighted by Gasteiger charge is -2.20. The van der Waals surface area contributed by atoms with E-state index in [1.807, 2.05) is 55.5 Å². The van der Waals surface area contributed by atoms with Gasteiger partial charge in [-0.2, -0.15) is 4.98 Å². The average Bonchev–Trinajstić information content (AvgIpc) is 3.10. The summed E-state index contributed by atoms with van der Waals surface area (Å²) in [4.78, 5) is 15.8. The van der Waals surface area contributed by atoms with Gasteiger partial charge in [0.2, 0.25) is 0 Å². The number of anilines is 2.